The van der Waals surface area contributed by atoms with E-state index in [1.165, 1.54) is 7.11 Å². The minimum Gasteiger partial charge on any atom is -0.480 e. The molecule has 0 fully saturated rings. The van der Waals surface area contributed by atoms with Crippen molar-refractivity contribution in [3.05, 3.63) is 70.0 Å². The normalized spacial score (nSPS) is 10.5. The number of rotatable bonds is 3. The molecule has 2 aromatic carbocycles. The summed E-state index contributed by atoms with van der Waals surface area (Å²) in [7, 11) is 1.47. The number of nitrogens with zero attached hydrogens (tertiary/aromatic N) is 1. The summed E-state index contributed by atoms with van der Waals surface area (Å²) in [5, 5.41) is 0.596. The van der Waals surface area contributed by atoms with Crippen LogP contribution < -0.4 is 10.4 Å². The van der Waals surface area contributed by atoms with Crippen molar-refractivity contribution in [1.82, 2.24) is 4.98 Å². The van der Waals surface area contributed by atoms with Gasteiger partial charge >= 0.3 is 5.63 Å². The van der Waals surface area contributed by atoms with Gasteiger partial charge in [0, 0.05) is 10.6 Å². The van der Waals surface area contributed by atoms with E-state index in [-0.39, 0.29) is 11.8 Å². The van der Waals surface area contributed by atoms with E-state index in [0.29, 0.717) is 21.7 Å². The van der Waals surface area contributed by atoms with Crippen molar-refractivity contribution in [2.45, 2.75) is 0 Å². The number of aromatic nitrogens is 1. The molecule has 1 aromatic heterocycles. The first-order valence-corrected chi connectivity index (χ1v) is 6.97. The van der Waals surface area contributed by atoms with Crippen molar-refractivity contribution < 1.29 is 9.15 Å². The van der Waals surface area contributed by atoms with E-state index < -0.39 is 5.63 Å². The van der Waals surface area contributed by atoms with Crippen LogP contribution in [-0.2, 0) is 0 Å². The van der Waals surface area contributed by atoms with Gasteiger partial charge in [0.1, 0.15) is 5.56 Å². The number of hydrogen-bond donors (Lipinski definition) is 0. The highest BCUT2D eigenvalue weighted by molar-refractivity contribution is 6.30. The van der Waals surface area contributed by atoms with E-state index in [0.717, 1.165) is 0 Å². The molecule has 0 bridgehead atoms. The van der Waals surface area contributed by atoms with Crippen LogP contribution in [0.4, 0.5) is 0 Å². The molecule has 0 saturated heterocycles. The SMILES string of the molecule is COc1nc(-c2ccc(Cl)cc2)oc(=O)c1-c1ccccc1. The molecule has 0 aliphatic rings. The second-order valence-electron chi connectivity index (χ2n) is 4.56. The summed E-state index contributed by atoms with van der Waals surface area (Å²) in [4.78, 5) is 16.6. The van der Waals surface area contributed by atoms with Gasteiger partial charge in [-0.25, -0.2) is 4.79 Å². The number of benzene rings is 2. The van der Waals surface area contributed by atoms with Gasteiger partial charge in [0.15, 0.2) is 0 Å². The number of methoxy groups -OCH3 is 1. The van der Waals surface area contributed by atoms with Crippen LogP contribution in [-0.4, -0.2) is 12.1 Å². The Labute approximate surface area is 132 Å². The molecule has 0 unspecified atom stereocenters. The van der Waals surface area contributed by atoms with Crippen molar-refractivity contribution in [3.8, 4) is 28.5 Å². The van der Waals surface area contributed by atoms with E-state index >= 15 is 0 Å². The Bertz CT molecular complexity index is 842. The summed E-state index contributed by atoms with van der Waals surface area (Å²) in [5.41, 5.74) is 1.16. The number of halogens is 1. The Balaban J connectivity index is 2.16. The summed E-state index contributed by atoms with van der Waals surface area (Å²) >= 11 is 5.86. The Morgan fingerprint density at radius 1 is 1.00 bits per heavy atom. The van der Waals surface area contributed by atoms with Crippen LogP contribution >= 0.6 is 11.6 Å². The van der Waals surface area contributed by atoms with Gasteiger partial charge in [-0.2, -0.15) is 4.98 Å². The Morgan fingerprint density at radius 2 is 1.68 bits per heavy atom. The summed E-state index contributed by atoms with van der Waals surface area (Å²) < 4.78 is 10.6. The average Bonchev–Trinajstić information content (AvgIpc) is 2.55. The minimum atomic E-state index is -0.497. The third-order valence-electron chi connectivity index (χ3n) is 3.16. The molecule has 1 heterocycles. The third-order valence-corrected chi connectivity index (χ3v) is 3.41. The van der Waals surface area contributed by atoms with Crippen LogP contribution in [0.5, 0.6) is 5.88 Å². The van der Waals surface area contributed by atoms with Crippen LogP contribution in [0.25, 0.3) is 22.6 Å². The molecule has 0 amide bonds. The van der Waals surface area contributed by atoms with Gasteiger partial charge in [0.05, 0.1) is 7.11 Å². The lowest BCUT2D eigenvalue weighted by Crippen LogP contribution is -2.08. The van der Waals surface area contributed by atoms with Crippen LogP contribution in [0.2, 0.25) is 5.02 Å². The van der Waals surface area contributed by atoms with Gasteiger partial charge in [0.2, 0.25) is 11.8 Å². The fraction of sp³-hybridized carbons (Fsp3) is 0.0588. The fourth-order valence-electron chi connectivity index (χ4n) is 2.11. The van der Waals surface area contributed by atoms with E-state index in [9.17, 15) is 4.79 Å². The second kappa shape index (κ2) is 6.03. The van der Waals surface area contributed by atoms with Crippen LogP contribution in [0.15, 0.2) is 63.8 Å². The zero-order valence-electron chi connectivity index (χ0n) is 11.7. The Morgan fingerprint density at radius 3 is 2.32 bits per heavy atom. The summed E-state index contributed by atoms with van der Waals surface area (Å²) in [6.07, 6.45) is 0. The molecule has 0 radical (unpaired) electrons. The Kier molecular flexibility index (Phi) is 3.94. The van der Waals surface area contributed by atoms with Crippen LogP contribution in [0.1, 0.15) is 0 Å². The molecule has 0 saturated carbocycles. The first-order valence-electron chi connectivity index (χ1n) is 6.59. The van der Waals surface area contributed by atoms with Crippen LogP contribution in [0.3, 0.4) is 0 Å². The van der Waals surface area contributed by atoms with Gasteiger partial charge in [0.25, 0.3) is 0 Å². The van der Waals surface area contributed by atoms with Gasteiger partial charge in [-0.15, -0.1) is 0 Å². The predicted octanol–water partition coefficient (Wildman–Crippen LogP) is 4.03. The standard InChI is InChI=1S/C17H12ClNO3/c1-21-16-14(11-5-3-2-4-6-11)17(20)22-15(19-16)12-7-9-13(18)10-8-12/h2-10H,1H3. The molecule has 22 heavy (non-hydrogen) atoms. The fourth-order valence-corrected chi connectivity index (χ4v) is 2.23. The van der Waals surface area contributed by atoms with Crippen molar-refractivity contribution in [3.63, 3.8) is 0 Å². The molecule has 0 spiro atoms. The molecule has 0 aliphatic heterocycles. The number of ether oxygens (including phenoxy) is 1. The van der Waals surface area contributed by atoms with Gasteiger partial charge in [-0.1, -0.05) is 41.9 Å². The molecule has 3 aromatic rings. The predicted molar refractivity (Wildman–Crippen MR) is 85.2 cm³/mol. The molecule has 0 N–H and O–H groups in total. The topological polar surface area (TPSA) is 52.3 Å². The monoisotopic (exact) mass is 313 g/mol. The third kappa shape index (κ3) is 2.73. The molecular formula is C17H12ClNO3. The van der Waals surface area contributed by atoms with E-state index in [1.54, 1.807) is 36.4 Å². The maximum Gasteiger partial charge on any atom is 0.351 e. The molecule has 110 valence electrons. The molecule has 0 atom stereocenters. The maximum atomic E-state index is 12.3. The average molecular weight is 314 g/mol. The van der Waals surface area contributed by atoms with Gasteiger partial charge in [-0.3, -0.25) is 0 Å². The smallest absolute Gasteiger partial charge is 0.351 e. The van der Waals surface area contributed by atoms with Gasteiger partial charge < -0.3 is 9.15 Å². The van der Waals surface area contributed by atoms with Crippen LogP contribution in [0, 0.1) is 0 Å². The zero-order valence-corrected chi connectivity index (χ0v) is 12.5. The molecule has 4 nitrogen and oxygen atoms in total. The number of hydrogen-bond acceptors (Lipinski definition) is 4. The zero-order chi connectivity index (χ0) is 15.5. The van der Waals surface area contributed by atoms with E-state index in [4.69, 9.17) is 20.8 Å². The highest BCUT2D eigenvalue weighted by atomic mass is 35.5. The minimum absolute atomic E-state index is 0.193. The molecule has 0 aliphatic carbocycles. The lowest BCUT2D eigenvalue weighted by atomic mass is 10.1. The quantitative estimate of drug-likeness (QED) is 0.732. The van der Waals surface area contributed by atoms with Crippen molar-refractivity contribution in [1.29, 1.82) is 0 Å². The van der Waals surface area contributed by atoms with Crippen molar-refractivity contribution in [2.24, 2.45) is 0 Å². The van der Waals surface area contributed by atoms with Crippen molar-refractivity contribution >= 4 is 11.6 Å². The maximum absolute atomic E-state index is 12.3. The summed E-state index contributed by atoms with van der Waals surface area (Å²) in [6, 6.07) is 16.0. The largest absolute Gasteiger partial charge is 0.480 e. The first kappa shape index (κ1) is 14.4. The summed E-state index contributed by atoms with van der Waals surface area (Å²) in [6.45, 7) is 0. The highest BCUT2D eigenvalue weighted by Crippen LogP contribution is 2.28. The molecule has 3 rings (SSSR count). The lowest BCUT2D eigenvalue weighted by molar-refractivity contribution is 0.384. The first-order chi connectivity index (χ1) is 10.7. The lowest BCUT2D eigenvalue weighted by Gasteiger charge is -2.08. The molecular weight excluding hydrogens is 302 g/mol. The van der Waals surface area contributed by atoms with Crippen molar-refractivity contribution in [2.75, 3.05) is 7.11 Å². The van der Waals surface area contributed by atoms with E-state index in [1.807, 2.05) is 18.2 Å². The second-order valence-corrected chi connectivity index (χ2v) is 5.00. The van der Waals surface area contributed by atoms with Gasteiger partial charge in [-0.05, 0) is 29.8 Å². The highest BCUT2D eigenvalue weighted by Gasteiger charge is 2.17. The molecule has 5 heteroatoms. The van der Waals surface area contributed by atoms with E-state index in [2.05, 4.69) is 4.98 Å². The Hall–Kier alpha value is -2.59. The summed E-state index contributed by atoms with van der Waals surface area (Å²) in [5.74, 6) is 0.422.